The van der Waals surface area contributed by atoms with E-state index >= 15 is 0 Å². The van der Waals surface area contributed by atoms with Gasteiger partial charge in [0.1, 0.15) is 5.92 Å². The van der Waals surface area contributed by atoms with E-state index in [9.17, 15) is 18.0 Å². The van der Waals surface area contributed by atoms with E-state index in [1.54, 1.807) is 37.4 Å². The molecular formula is C26H26N4O6S2. The minimum absolute atomic E-state index is 0.00134. The van der Waals surface area contributed by atoms with Crippen molar-refractivity contribution >= 4 is 49.8 Å². The molecule has 3 aromatic rings. The van der Waals surface area contributed by atoms with Crippen molar-refractivity contribution in [3.63, 3.8) is 0 Å². The maximum Gasteiger partial charge on any atom is 0.336 e. The first-order chi connectivity index (χ1) is 18.0. The van der Waals surface area contributed by atoms with Crippen molar-refractivity contribution in [3.05, 3.63) is 70.7 Å². The zero-order valence-corrected chi connectivity index (χ0v) is 22.7. The van der Waals surface area contributed by atoms with Gasteiger partial charge in [-0.05, 0) is 43.7 Å². The molecule has 10 nitrogen and oxygen atoms in total. The number of thiazole rings is 1. The van der Waals surface area contributed by atoms with Crippen LogP contribution in [-0.4, -0.2) is 45.3 Å². The SMILES string of the molecule is COC(=O)C1=C(C)N=C(C)C(C(=O)OC)C1c1cccc(Nc2nc(-c3cccc(S(N)(=O)=O)c3)cs2)c1. The van der Waals surface area contributed by atoms with Gasteiger partial charge in [0.05, 0.1) is 30.4 Å². The number of carbonyl (C=O) groups excluding carboxylic acids is 2. The first-order valence-corrected chi connectivity index (χ1v) is 13.8. The van der Waals surface area contributed by atoms with Crippen molar-refractivity contribution in [1.82, 2.24) is 4.98 Å². The van der Waals surface area contributed by atoms with Crippen molar-refractivity contribution < 1.29 is 27.5 Å². The number of aromatic nitrogens is 1. The number of ether oxygens (including phenoxy) is 2. The number of rotatable bonds is 7. The predicted octanol–water partition coefficient (Wildman–Crippen LogP) is 4.00. The molecule has 0 spiro atoms. The molecule has 1 aromatic heterocycles. The Balaban J connectivity index is 1.68. The number of aliphatic imine (C=N–C) groups is 1. The molecule has 2 unspecified atom stereocenters. The van der Waals surface area contributed by atoms with Crippen LogP contribution in [0.3, 0.4) is 0 Å². The van der Waals surface area contributed by atoms with Crippen LogP contribution >= 0.6 is 11.3 Å². The minimum atomic E-state index is -3.84. The average Bonchev–Trinajstić information content (AvgIpc) is 3.35. The molecule has 1 aliphatic heterocycles. The van der Waals surface area contributed by atoms with Crippen LogP contribution in [-0.2, 0) is 29.1 Å². The number of anilines is 2. The Bertz CT molecular complexity index is 1580. The lowest BCUT2D eigenvalue weighted by Gasteiger charge is -2.31. The summed E-state index contributed by atoms with van der Waals surface area (Å²) in [6, 6.07) is 13.5. The van der Waals surface area contributed by atoms with E-state index in [1.807, 2.05) is 18.2 Å². The Kier molecular flexibility index (Phi) is 7.76. The monoisotopic (exact) mass is 554 g/mol. The third-order valence-corrected chi connectivity index (χ3v) is 7.82. The normalized spacial score (nSPS) is 17.6. The zero-order chi connectivity index (χ0) is 27.6. The van der Waals surface area contributed by atoms with E-state index in [1.165, 1.54) is 37.7 Å². The van der Waals surface area contributed by atoms with Gasteiger partial charge in [-0.1, -0.05) is 24.3 Å². The van der Waals surface area contributed by atoms with Crippen LogP contribution in [0.25, 0.3) is 11.3 Å². The highest BCUT2D eigenvalue weighted by molar-refractivity contribution is 7.89. The van der Waals surface area contributed by atoms with Crippen LogP contribution in [0.1, 0.15) is 25.3 Å². The van der Waals surface area contributed by atoms with Gasteiger partial charge in [0.15, 0.2) is 5.13 Å². The van der Waals surface area contributed by atoms with Gasteiger partial charge in [-0.3, -0.25) is 9.79 Å². The number of allylic oxidation sites excluding steroid dienone is 1. The number of carbonyl (C=O) groups is 2. The maximum absolute atomic E-state index is 12.8. The fourth-order valence-electron chi connectivity index (χ4n) is 4.43. The van der Waals surface area contributed by atoms with E-state index < -0.39 is 33.8 Å². The number of hydrogen-bond donors (Lipinski definition) is 2. The fraction of sp³-hybridized carbons (Fsp3) is 0.231. The number of nitrogens with zero attached hydrogens (tertiary/aromatic N) is 2. The lowest BCUT2D eigenvalue weighted by molar-refractivity contribution is -0.143. The molecular weight excluding hydrogens is 528 g/mol. The van der Waals surface area contributed by atoms with Gasteiger partial charge < -0.3 is 14.8 Å². The van der Waals surface area contributed by atoms with Crippen molar-refractivity contribution in [2.45, 2.75) is 24.7 Å². The van der Waals surface area contributed by atoms with Crippen LogP contribution in [0.4, 0.5) is 10.8 Å². The Labute approximate surface area is 224 Å². The summed E-state index contributed by atoms with van der Waals surface area (Å²) in [4.78, 5) is 34.5. The molecule has 3 N–H and O–H groups in total. The number of benzene rings is 2. The third-order valence-electron chi connectivity index (χ3n) is 6.15. The first kappa shape index (κ1) is 27.2. The van der Waals surface area contributed by atoms with Gasteiger partial charge in [0.2, 0.25) is 10.0 Å². The maximum atomic E-state index is 12.8. The van der Waals surface area contributed by atoms with Gasteiger partial charge in [-0.2, -0.15) is 0 Å². The largest absolute Gasteiger partial charge is 0.468 e. The summed E-state index contributed by atoms with van der Waals surface area (Å²) in [6.45, 7) is 3.44. The average molecular weight is 555 g/mol. The standard InChI is InChI=1S/C26H26N4O6S2/c1-14-21(24(31)35-3)23(22(15(2)28-14)25(32)36-4)17-8-5-9-18(11-17)29-26-30-20(13-37-26)16-7-6-10-19(12-16)38(27,33)34/h5-13,21,23H,1-4H3,(H,29,30)(H2,27,33,34). The number of nitrogens with one attached hydrogen (secondary N) is 1. The molecule has 2 aromatic carbocycles. The molecule has 0 bridgehead atoms. The van der Waals surface area contributed by atoms with Gasteiger partial charge in [0, 0.05) is 34.0 Å². The minimum Gasteiger partial charge on any atom is -0.468 e. The highest BCUT2D eigenvalue weighted by Gasteiger charge is 2.42. The molecule has 1 aliphatic rings. The van der Waals surface area contributed by atoms with Crippen molar-refractivity contribution in [2.75, 3.05) is 19.5 Å². The number of nitrogens with two attached hydrogens (primary N) is 1. The molecule has 0 saturated carbocycles. The lowest BCUT2D eigenvalue weighted by Crippen LogP contribution is -2.36. The summed E-state index contributed by atoms with van der Waals surface area (Å²) in [5.41, 5.74) is 3.86. The molecule has 0 amide bonds. The molecule has 0 saturated heterocycles. The predicted molar refractivity (Wildman–Crippen MR) is 145 cm³/mol. The Morgan fingerprint density at radius 3 is 2.47 bits per heavy atom. The number of sulfonamides is 1. The number of methoxy groups -OCH3 is 2. The first-order valence-electron chi connectivity index (χ1n) is 11.4. The third kappa shape index (κ3) is 5.52. The Morgan fingerprint density at radius 2 is 1.79 bits per heavy atom. The van der Waals surface area contributed by atoms with E-state index in [0.29, 0.717) is 39.0 Å². The van der Waals surface area contributed by atoms with E-state index in [4.69, 9.17) is 14.6 Å². The van der Waals surface area contributed by atoms with Crippen LogP contribution in [0.2, 0.25) is 0 Å². The summed E-state index contributed by atoms with van der Waals surface area (Å²) < 4.78 is 33.5. The highest BCUT2D eigenvalue weighted by Crippen LogP contribution is 2.41. The zero-order valence-electron chi connectivity index (χ0n) is 21.1. The quantitative estimate of drug-likeness (QED) is 0.416. The molecule has 0 fully saturated rings. The smallest absolute Gasteiger partial charge is 0.336 e. The summed E-state index contributed by atoms with van der Waals surface area (Å²) in [6.07, 6.45) is 0. The molecule has 198 valence electrons. The van der Waals surface area contributed by atoms with E-state index in [-0.39, 0.29) is 10.5 Å². The second-order valence-electron chi connectivity index (χ2n) is 8.58. The Morgan fingerprint density at radius 1 is 1.05 bits per heavy atom. The number of primary sulfonamides is 1. The van der Waals surface area contributed by atoms with E-state index in [2.05, 4.69) is 15.3 Å². The van der Waals surface area contributed by atoms with Crippen LogP contribution < -0.4 is 10.5 Å². The lowest BCUT2D eigenvalue weighted by atomic mass is 9.75. The van der Waals surface area contributed by atoms with E-state index in [0.717, 1.165) is 0 Å². The summed E-state index contributed by atoms with van der Waals surface area (Å²) in [5, 5.41) is 10.8. The van der Waals surface area contributed by atoms with Crippen molar-refractivity contribution in [1.29, 1.82) is 0 Å². The second kappa shape index (κ2) is 10.9. The molecule has 38 heavy (non-hydrogen) atoms. The number of esters is 2. The van der Waals surface area contributed by atoms with Crippen LogP contribution in [0, 0.1) is 5.92 Å². The fourth-order valence-corrected chi connectivity index (χ4v) is 5.73. The van der Waals surface area contributed by atoms with Crippen LogP contribution in [0.5, 0.6) is 0 Å². The van der Waals surface area contributed by atoms with Gasteiger partial charge in [0.25, 0.3) is 0 Å². The molecule has 2 heterocycles. The summed E-state index contributed by atoms with van der Waals surface area (Å²) in [7, 11) is -1.26. The Hall–Kier alpha value is -3.87. The number of hydrogen-bond acceptors (Lipinski definition) is 10. The van der Waals surface area contributed by atoms with Gasteiger partial charge >= 0.3 is 11.9 Å². The van der Waals surface area contributed by atoms with Gasteiger partial charge in [-0.25, -0.2) is 23.3 Å². The van der Waals surface area contributed by atoms with Crippen molar-refractivity contribution in [2.24, 2.45) is 16.0 Å². The molecule has 2 atom stereocenters. The second-order valence-corrected chi connectivity index (χ2v) is 11.0. The topological polar surface area (TPSA) is 150 Å². The summed E-state index contributed by atoms with van der Waals surface area (Å²) in [5.74, 6) is -2.54. The molecule has 4 rings (SSSR count). The molecule has 0 radical (unpaired) electrons. The molecule has 12 heteroatoms. The van der Waals surface area contributed by atoms with Crippen LogP contribution in [0.15, 0.2) is 75.1 Å². The van der Waals surface area contributed by atoms with Crippen molar-refractivity contribution in [3.8, 4) is 11.3 Å². The van der Waals surface area contributed by atoms with Gasteiger partial charge in [-0.15, -0.1) is 11.3 Å². The highest BCUT2D eigenvalue weighted by atomic mass is 32.2. The molecule has 0 aliphatic carbocycles. The summed E-state index contributed by atoms with van der Waals surface area (Å²) >= 11 is 1.33.